The molecule has 1 atom stereocenters. The fourth-order valence-corrected chi connectivity index (χ4v) is 2.25. The molecule has 0 amide bonds. The summed E-state index contributed by atoms with van der Waals surface area (Å²) in [7, 11) is 0.0400. The lowest BCUT2D eigenvalue weighted by Crippen LogP contribution is -2.11. The molecule has 0 saturated carbocycles. The van der Waals surface area contributed by atoms with Crippen molar-refractivity contribution in [1.82, 2.24) is 0 Å². The number of benzene rings is 1. The Hall–Kier alpha value is -0.843. The van der Waals surface area contributed by atoms with E-state index in [-0.39, 0.29) is 16.1 Å². The highest BCUT2D eigenvalue weighted by molar-refractivity contribution is 6.18. The fraction of sp³-hybridized carbons (Fsp3) is 0.538. The van der Waals surface area contributed by atoms with Gasteiger partial charge < -0.3 is 14.0 Å². The van der Waals surface area contributed by atoms with Gasteiger partial charge in [-0.05, 0) is 18.9 Å². The Morgan fingerprint density at radius 3 is 2.65 bits per heavy atom. The summed E-state index contributed by atoms with van der Waals surface area (Å²) >= 11 is 0. The quantitative estimate of drug-likeness (QED) is 0.570. The Bertz CT molecular complexity index is 317. The van der Waals surface area contributed by atoms with E-state index < -0.39 is 0 Å². The van der Waals surface area contributed by atoms with E-state index in [9.17, 15) is 5.11 Å². The molecule has 0 fully saturated rings. The van der Waals surface area contributed by atoms with Gasteiger partial charge in [0, 0.05) is 12.2 Å². The molecule has 0 bridgehead atoms. The van der Waals surface area contributed by atoms with Crippen LogP contribution in [0.2, 0.25) is 0 Å². The van der Waals surface area contributed by atoms with Crippen LogP contribution in [0, 0.1) is 0 Å². The average Bonchev–Trinajstić information content (AvgIpc) is 2.34. The van der Waals surface area contributed by atoms with Gasteiger partial charge in [0.1, 0.15) is 5.75 Å². The van der Waals surface area contributed by atoms with E-state index in [4.69, 9.17) is 8.85 Å². The lowest BCUT2D eigenvalue weighted by Gasteiger charge is -2.18. The predicted octanol–water partition coefficient (Wildman–Crippen LogP) is 3.21. The van der Waals surface area contributed by atoms with Crippen molar-refractivity contribution in [2.45, 2.75) is 39.2 Å². The zero-order valence-corrected chi connectivity index (χ0v) is 11.5. The van der Waals surface area contributed by atoms with E-state index in [0.29, 0.717) is 5.75 Å². The molecule has 0 heterocycles. The van der Waals surface area contributed by atoms with Crippen LogP contribution in [0.4, 0.5) is 0 Å². The monoisotopic (exact) mass is 252 g/mol. The SMILES string of the molecule is CCCO[Si]OC(CCC)c1ccccc1O. The Balaban J connectivity index is 2.56. The third kappa shape index (κ3) is 4.89. The minimum atomic E-state index is -0.0728. The van der Waals surface area contributed by atoms with Crippen LogP contribution in [0.15, 0.2) is 24.3 Å². The summed E-state index contributed by atoms with van der Waals surface area (Å²) in [5, 5.41) is 9.79. The van der Waals surface area contributed by atoms with Gasteiger partial charge in [-0.15, -0.1) is 0 Å². The van der Waals surface area contributed by atoms with Crippen molar-refractivity contribution in [3.05, 3.63) is 29.8 Å². The topological polar surface area (TPSA) is 38.7 Å². The normalized spacial score (nSPS) is 12.6. The molecule has 0 aromatic heterocycles. The number of hydrogen-bond acceptors (Lipinski definition) is 3. The molecule has 17 heavy (non-hydrogen) atoms. The largest absolute Gasteiger partial charge is 0.508 e. The molecule has 0 aliphatic carbocycles. The molecule has 1 aromatic rings. The summed E-state index contributed by atoms with van der Waals surface area (Å²) in [6.45, 7) is 4.89. The van der Waals surface area contributed by atoms with Gasteiger partial charge in [-0.25, -0.2) is 0 Å². The summed E-state index contributed by atoms with van der Waals surface area (Å²) in [4.78, 5) is 0. The molecule has 3 nitrogen and oxygen atoms in total. The van der Waals surface area contributed by atoms with E-state index in [1.165, 1.54) is 0 Å². The summed E-state index contributed by atoms with van der Waals surface area (Å²) in [5.74, 6) is 0.297. The molecule has 4 heteroatoms. The number of rotatable bonds is 8. The van der Waals surface area contributed by atoms with Gasteiger partial charge in [-0.2, -0.15) is 0 Å². The Morgan fingerprint density at radius 2 is 2.00 bits per heavy atom. The van der Waals surface area contributed by atoms with Crippen molar-refractivity contribution in [2.24, 2.45) is 0 Å². The van der Waals surface area contributed by atoms with Crippen molar-refractivity contribution in [3.63, 3.8) is 0 Å². The minimum Gasteiger partial charge on any atom is -0.508 e. The summed E-state index contributed by atoms with van der Waals surface area (Å²) < 4.78 is 11.0. The zero-order valence-electron chi connectivity index (χ0n) is 10.5. The molecule has 0 saturated heterocycles. The molecule has 0 spiro atoms. The van der Waals surface area contributed by atoms with Gasteiger partial charge in [0.25, 0.3) is 0 Å². The fourth-order valence-electron chi connectivity index (χ4n) is 1.54. The Morgan fingerprint density at radius 1 is 1.24 bits per heavy atom. The molecule has 0 aliphatic rings. The van der Waals surface area contributed by atoms with Crippen molar-refractivity contribution in [3.8, 4) is 5.75 Å². The maximum atomic E-state index is 9.79. The molecule has 1 unspecified atom stereocenters. The Kier molecular flexibility index (Phi) is 6.92. The van der Waals surface area contributed by atoms with E-state index in [1.807, 2.05) is 18.2 Å². The first-order valence-electron chi connectivity index (χ1n) is 6.09. The van der Waals surface area contributed by atoms with Crippen LogP contribution in [0.1, 0.15) is 44.8 Å². The van der Waals surface area contributed by atoms with Crippen LogP contribution >= 0.6 is 0 Å². The van der Waals surface area contributed by atoms with Gasteiger partial charge in [0.05, 0.1) is 6.10 Å². The second-order valence-corrected chi connectivity index (χ2v) is 4.58. The van der Waals surface area contributed by atoms with Gasteiger partial charge in [0.2, 0.25) is 0 Å². The van der Waals surface area contributed by atoms with Crippen LogP contribution in [-0.4, -0.2) is 21.7 Å². The van der Waals surface area contributed by atoms with Gasteiger partial charge in [-0.3, -0.25) is 0 Å². The van der Waals surface area contributed by atoms with E-state index in [1.54, 1.807) is 6.07 Å². The molecular formula is C13H20O3Si. The number of phenolic OH excluding ortho intramolecular Hbond substituents is 1. The summed E-state index contributed by atoms with van der Waals surface area (Å²) in [6, 6.07) is 7.33. The highest BCUT2D eigenvalue weighted by Crippen LogP contribution is 2.29. The Labute approximate surface area is 106 Å². The zero-order chi connectivity index (χ0) is 12.5. The molecule has 1 aromatic carbocycles. The summed E-state index contributed by atoms with van der Waals surface area (Å²) in [5.41, 5.74) is 0.849. The molecule has 1 N–H and O–H groups in total. The van der Waals surface area contributed by atoms with Crippen molar-refractivity contribution in [2.75, 3.05) is 6.61 Å². The van der Waals surface area contributed by atoms with Gasteiger partial charge in [-0.1, -0.05) is 38.5 Å². The molecule has 0 aliphatic heterocycles. The first-order chi connectivity index (χ1) is 8.29. The third-order valence-corrected chi connectivity index (χ3v) is 3.09. The first kappa shape index (κ1) is 14.2. The van der Waals surface area contributed by atoms with Crippen LogP contribution in [0.3, 0.4) is 0 Å². The van der Waals surface area contributed by atoms with E-state index >= 15 is 0 Å². The predicted molar refractivity (Wildman–Crippen MR) is 68.8 cm³/mol. The molecular weight excluding hydrogens is 232 g/mol. The lowest BCUT2D eigenvalue weighted by atomic mass is 10.0. The van der Waals surface area contributed by atoms with Crippen LogP contribution in [0.5, 0.6) is 5.75 Å². The number of hydrogen-bond donors (Lipinski definition) is 1. The second-order valence-electron chi connectivity index (χ2n) is 3.89. The van der Waals surface area contributed by atoms with Crippen LogP contribution in [-0.2, 0) is 8.85 Å². The van der Waals surface area contributed by atoms with Crippen molar-refractivity contribution in [1.29, 1.82) is 0 Å². The maximum Gasteiger partial charge on any atom is 0.434 e. The number of para-hydroxylation sites is 1. The smallest absolute Gasteiger partial charge is 0.434 e. The van der Waals surface area contributed by atoms with Crippen molar-refractivity contribution >= 4 is 10.0 Å². The lowest BCUT2D eigenvalue weighted by molar-refractivity contribution is 0.146. The van der Waals surface area contributed by atoms with Crippen LogP contribution < -0.4 is 0 Å². The van der Waals surface area contributed by atoms with E-state index in [2.05, 4.69) is 13.8 Å². The van der Waals surface area contributed by atoms with Crippen molar-refractivity contribution < 1.29 is 14.0 Å². The number of phenols is 1. The van der Waals surface area contributed by atoms with Gasteiger partial charge in [0.15, 0.2) is 0 Å². The van der Waals surface area contributed by atoms with Crippen LogP contribution in [0.25, 0.3) is 0 Å². The minimum absolute atomic E-state index is 0.0400. The maximum absolute atomic E-state index is 9.79. The second kappa shape index (κ2) is 8.28. The number of aromatic hydroxyl groups is 1. The van der Waals surface area contributed by atoms with Gasteiger partial charge >= 0.3 is 10.0 Å². The highest BCUT2D eigenvalue weighted by Gasteiger charge is 2.15. The molecule has 1 rings (SSSR count). The molecule has 2 radical (unpaired) electrons. The van der Waals surface area contributed by atoms with E-state index in [0.717, 1.165) is 31.4 Å². The summed E-state index contributed by atoms with van der Waals surface area (Å²) in [6.07, 6.45) is 2.82. The standard InChI is InChI=1S/C13H20O3Si/c1-3-7-13(16-17-15-10-4-2)11-8-5-6-9-12(11)14/h5-6,8-9,13-14H,3-4,7,10H2,1-2H3. The molecule has 94 valence electrons. The average molecular weight is 252 g/mol. The third-order valence-electron chi connectivity index (χ3n) is 2.39. The first-order valence-corrected chi connectivity index (χ1v) is 6.91. The highest BCUT2D eigenvalue weighted by atomic mass is 28.3.